The van der Waals surface area contributed by atoms with E-state index in [4.69, 9.17) is 5.11 Å². The van der Waals surface area contributed by atoms with Crippen molar-refractivity contribution >= 4 is 6.34 Å². The topological polar surface area (TPSA) is 44.6 Å². The van der Waals surface area contributed by atoms with E-state index in [0.29, 0.717) is 6.61 Å². The van der Waals surface area contributed by atoms with Crippen LogP contribution >= 0.6 is 0 Å². The zero-order chi connectivity index (χ0) is 10.2. The molecule has 0 aromatic heterocycles. The Hall–Kier alpha value is -0.570. The highest BCUT2D eigenvalue weighted by Crippen LogP contribution is 1.96. The highest BCUT2D eigenvalue weighted by Gasteiger charge is 2.04. The Balaban J connectivity index is 3.22. The zero-order valence-electron chi connectivity index (χ0n) is 9.01. The van der Waals surface area contributed by atoms with E-state index in [1.165, 1.54) is 0 Å². The van der Waals surface area contributed by atoms with Crippen LogP contribution in [0.5, 0.6) is 0 Å². The number of nitrogens with zero attached hydrogens (tertiary/aromatic N) is 1. The van der Waals surface area contributed by atoms with Crippen LogP contribution in [0.15, 0.2) is 4.99 Å². The molecule has 0 aliphatic heterocycles. The van der Waals surface area contributed by atoms with Gasteiger partial charge in [0, 0.05) is 18.7 Å². The number of aliphatic hydroxyl groups is 1. The first-order valence-corrected chi connectivity index (χ1v) is 4.93. The summed E-state index contributed by atoms with van der Waals surface area (Å²) in [6.45, 7) is 7.45. The Labute approximate surface area is 81.3 Å². The van der Waals surface area contributed by atoms with Gasteiger partial charge in [-0.05, 0) is 40.0 Å². The third kappa shape index (κ3) is 11.4. The average molecular weight is 186 g/mol. The van der Waals surface area contributed by atoms with Gasteiger partial charge in [0.1, 0.15) is 0 Å². The number of hydrogen-bond donors (Lipinski definition) is 2. The van der Waals surface area contributed by atoms with Crippen LogP contribution in [0.25, 0.3) is 0 Å². The molecule has 0 heterocycles. The smallest absolute Gasteiger partial charge is 0.0827 e. The summed E-state index contributed by atoms with van der Waals surface area (Å²) >= 11 is 0. The minimum atomic E-state index is 0.106. The third-order valence-corrected chi connectivity index (χ3v) is 1.53. The van der Waals surface area contributed by atoms with Crippen molar-refractivity contribution in [2.45, 2.75) is 45.6 Å². The summed E-state index contributed by atoms with van der Waals surface area (Å²) in [5.41, 5.74) is 0.106. The van der Waals surface area contributed by atoms with Crippen molar-refractivity contribution in [1.29, 1.82) is 0 Å². The van der Waals surface area contributed by atoms with E-state index in [0.717, 1.165) is 25.8 Å². The molecule has 0 unspecified atom stereocenters. The quantitative estimate of drug-likeness (QED) is 0.376. The Morgan fingerprint density at radius 1 is 1.23 bits per heavy atom. The maximum atomic E-state index is 8.52. The molecule has 3 nitrogen and oxygen atoms in total. The summed E-state index contributed by atoms with van der Waals surface area (Å²) in [6, 6.07) is 0. The summed E-state index contributed by atoms with van der Waals surface area (Å²) < 4.78 is 0. The molecule has 0 radical (unpaired) electrons. The molecule has 0 fully saturated rings. The second-order valence-corrected chi connectivity index (χ2v) is 4.21. The average Bonchev–Trinajstić information content (AvgIpc) is 2.01. The first kappa shape index (κ1) is 12.4. The molecule has 0 saturated carbocycles. The van der Waals surface area contributed by atoms with Gasteiger partial charge < -0.3 is 10.4 Å². The van der Waals surface area contributed by atoms with E-state index in [1.807, 2.05) is 0 Å². The van der Waals surface area contributed by atoms with Gasteiger partial charge in [0.15, 0.2) is 0 Å². The third-order valence-electron chi connectivity index (χ3n) is 1.53. The van der Waals surface area contributed by atoms with Gasteiger partial charge in [0.25, 0.3) is 0 Å². The lowest BCUT2D eigenvalue weighted by Crippen LogP contribution is -2.34. The molecule has 0 aliphatic carbocycles. The Kier molecular flexibility index (Phi) is 6.59. The van der Waals surface area contributed by atoms with Crippen LogP contribution < -0.4 is 5.32 Å². The summed E-state index contributed by atoms with van der Waals surface area (Å²) in [4.78, 5) is 4.21. The lowest BCUT2D eigenvalue weighted by molar-refractivity contribution is 0.283. The number of aliphatic hydroxyl groups excluding tert-OH is 1. The molecule has 0 aliphatic rings. The minimum Gasteiger partial charge on any atom is -0.396 e. The van der Waals surface area contributed by atoms with Crippen LogP contribution in [0.2, 0.25) is 0 Å². The van der Waals surface area contributed by atoms with Crippen molar-refractivity contribution in [2.24, 2.45) is 4.99 Å². The predicted molar refractivity (Wildman–Crippen MR) is 57.2 cm³/mol. The van der Waals surface area contributed by atoms with Crippen LogP contribution in [0.3, 0.4) is 0 Å². The molecule has 13 heavy (non-hydrogen) atoms. The molecule has 78 valence electrons. The normalized spacial score (nSPS) is 12.3. The zero-order valence-corrected chi connectivity index (χ0v) is 9.01. The van der Waals surface area contributed by atoms with Crippen LogP contribution in [0, 0.1) is 0 Å². The fraction of sp³-hybridized carbons (Fsp3) is 0.900. The summed E-state index contributed by atoms with van der Waals surface area (Å²) in [5.74, 6) is 0. The monoisotopic (exact) mass is 186 g/mol. The van der Waals surface area contributed by atoms with Gasteiger partial charge in [-0.25, -0.2) is 0 Å². The molecule has 0 amide bonds. The molecule has 0 aromatic carbocycles. The second kappa shape index (κ2) is 6.89. The molecule has 0 atom stereocenters. The molecular formula is C10H22N2O. The molecule has 0 bridgehead atoms. The first-order chi connectivity index (χ1) is 6.06. The lowest BCUT2D eigenvalue weighted by Gasteiger charge is -2.17. The SMILES string of the molecule is CC(C)(C)NC=NCCCCCO. The van der Waals surface area contributed by atoms with E-state index >= 15 is 0 Å². The Morgan fingerprint density at radius 3 is 2.46 bits per heavy atom. The number of unbranched alkanes of at least 4 members (excludes halogenated alkanes) is 2. The number of nitrogens with one attached hydrogen (secondary N) is 1. The van der Waals surface area contributed by atoms with Gasteiger partial charge in [-0.15, -0.1) is 0 Å². The van der Waals surface area contributed by atoms with E-state index in [2.05, 4.69) is 31.1 Å². The molecule has 0 saturated heterocycles. The van der Waals surface area contributed by atoms with Crippen molar-refractivity contribution in [1.82, 2.24) is 5.32 Å². The fourth-order valence-electron chi connectivity index (χ4n) is 0.796. The van der Waals surface area contributed by atoms with Crippen molar-refractivity contribution in [3.05, 3.63) is 0 Å². The number of rotatable bonds is 6. The van der Waals surface area contributed by atoms with E-state index in [1.54, 1.807) is 6.34 Å². The van der Waals surface area contributed by atoms with Crippen molar-refractivity contribution in [3.63, 3.8) is 0 Å². The molecular weight excluding hydrogens is 164 g/mol. The summed E-state index contributed by atoms with van der Waals surface area (Å²) in [7, 11) is 0. The van der Waals surface area contributed by atoms with E-state index in [9.17, 15) is 0 Å². The number of aliphatic imine (C=N–C) groups is 1. The van der Waals surface area contributed by atoms with Crippen LogP contribution in [-0.4, -0.2) is 30.1 Å². The van der Waals surface area contributed by atoms with Crippen molar-refractivity contribution < 1.29 is 5.11 Å². The summed E-state index contributed by atoms with van der Waals surface area (Å²) in [6.07, 6.45) is 4.79. The predicted octanol–water partition coefficient (Wildman–Crippen LogP) is 1.57. The van der Waals surface area contributed by atoms with Gasteiger partial charge >= 0.3 is 0 Å². The molecule has 0 spiro atoms. The largest absolute Gasteiger partial charge is 0.396 e. The van der Waals surface area contributed by atoms with Gasteiger partial charge in [-0.1, -0.05) is 0 Å². The molecule has 0 rings (SSSR count). The van der Waals surface area contributed by atoms with Crippen molar-refractivity contribution in [2.75, 3.05) is 13.2 Å². The molecule has 3 heteroatoms. The van der Waals surface area contributed by atoms with Crippen LogP contribution in [0.4, 0.5) is 0 Å². The second-order valence-electron chi connectivity index (χ2n) is 4.21. The maximum absolute atomic E-state index is 8.52. The van der Waals surface area contributed by atoms with Gasteiger partial charge in [-0.2, -0.15) is 0 Å². The standard InChI is InChI=1S/C10H22N2O/c1-10(2,3)12-9-11-7-5-4-6-8-13/h9,13H,4-8H2,1-3H3,(H,11,12). The Bertz CT molecular complexity index is 138. The first-order valence-electron chi connectivity index (χ1n) is 4.93. The Morgan fingerprint density at radius 2 is 1.92 bits per heavy atom. The van der Waals surface area contributed by atoms with Gasteiger partial charge in [0.05, 0.1) is 6.34 Å². The minimum absolute atomic E-state index is 0.106. The highest BCUT2D eigenvalue weighted by atomic mass is 16.2. The van der Waals surface area contributed by atoms with Crippen LogP contribution in [0.1, 0.15) is 40.0 Å². The maximum Gasteiger partial charge on any atom is 0.0827 e. The lowest BCUT2D eigenvalue weighted by atomic mass is 10.1. The molecule has 0 aromatic rings. The van der Waals surface area contributed by atoms with Crippen molar-refractivity contribution in [3.8, 4) is 0 Å². The van der Waals surface area contributed by atoms with Gasteiger partial charge in [0.2, 0.25) is 0 Å². The molecule has 2 N–H and O–H groups in total. The van der Waals surface area contributed by atoms with E-state index in [-0.39, 0.29) is 5.54 Å². The highest BCUT2D eigenvalue weighted by molar-refractivity contribution is 5.55. The summed E-state index contributed by atoms with van der Waals surface area (Å²) in [5, 5.41) is 11.7. The fourth-order valence-corrected chi connectivity index (χ4v) is 0.796. The van der Waals surface area contributed by atoms with Gasteiger partial charge in [-0.3, -0.25) is 4.99 Å². The van der Waals surface area contributed by atoms with E-state index < -0.39 is 0 Å². The van der Waals surface area contributed by atoms with Crippen LogP contribution in [-0.2, 0) is 0 Å². The number of hydrogen-bond acceptors (Lipinski definition) is 2.